The summed E-state index contributed by atoms with van der Waals surface area (Å²) in [5, 5.41) is 2.97. The van der Waals surface area contributed by atoms with Gasteiger partial charge in [-0.25, -0.2) is 0 Å². The van der Waals surface area contributed by atoms with Crippen LogP contribution in [-0.4, -0.2) is 23.7 Å². The Labute approximate surface area is 116 Å². The van der Waals surface area contributed by atoms with Crippen molar-refractivity contribution in [2.75, 3.05) is 0 Å². The molecule has 3 nitrogen and oxygen atoms in total. The van der Waals surface area contributed by atoms with Crippen LogP contribution in [0.1, 0.15) is 53.4 Å². The number of hydrogen-bond donors (Lipinski definition) is 1. The van der Waals surface area contributed by atoms with Gasteiger partial charge in [0.25, 0.3) is 0 Å². The van der Waals surface area contributed by atoms with Gasteiger partial charge < -0.3 is 10.1 Å². The van der Waals surface area contributed by atoms with E-state index < -0.39 is 0 Å². The number of epoxide rings is 1. The lowest BCUT2D eigenvalue weighted by Crippen LogP contribution is -2.46. The Morgan fingerprint density at radius 1 is 1.26 bits per heavy atom. The third-order valence-corrected chi connectivity index (χ3v) is 4.87. The molecule has 2 atom stereocenters. The Hall–Kier alpha value is -0.830. The minimum Gasteiger partial charge on any atom is -0.362 e. The van der Waals surface area contributed by atoms with Gasteiger partial charge in [-0.2, -0.15) is 0 Å². The maximum atomic E-state index is 10.6. The average molecular weight is 265 g/mol. The number of amides is 1. The van der Waals surface area contributed by atoms with Crippen LogP contribution in [-0.2, 0) is 9.53 Å². The molecular formula is C16H27NO2. The lowest BCUT2D eigenvalue weighted by atomic mass is 9.72. The summed E-state index contributed by atoms with van der Waals surface area (Å²) in [4.78, 5) is 10.6. The van der Waals surface area contributed by atoms with Crippen molar-refractivity contribution in [2.45, 2.75) is 70.6 Å². The molecule has 0 unspecified atom stereocenters. The van der Waals surface area contributed by atoms with Crippen LogP contribution in [0.4, 0.5) is 0 Å². The van der Waals surface area contributed by atoms with Gasteiger partial charge in [-0.05, 0) is 51.4 Å². The van der Waals surface area contributed by atoms with Crippen LogP contribution in [0.25, 0.3) is 0 Å². The molecule has 0 bridgehead atoms. The molecule has 0 aromatic carbocycles. The molecule has 1 saturated carbocycles. The molecule has 19 heavy (non-hydrogen) atoms. The third kappa shape index (κ3) is 3.19. The molecule has 0 aromatic rings. The van der Waals surface area contributed by atoms with Crippen molar-refractivity contribution in [2.24, 2.45) is 11.8 Å². The van der Waals surface area contributed by atoms with Crippen molar-refractivity contribution in [3.8, 4) is 0 Å². The summed E-state index contributed by atoms with van der Waals surface area (Å²) >= 11 is 0. The minimum absolute atomic E-state index is 0.00717. The lowest BCUT2D eigenvalue weighted by molar-refractivity contribution is -0.111. The van der Waals surface area contributed by atoms with E-state index in [0.717, 1.165) is 32.1 Å². The highest BCUT2D eigenvalue weighted by atomic mass is 16.6. The molecule has 2 rings (SSSR count). The highest BCUT2D eigenvalue weighted by Gasteiger charge is 2.56. The normalized spacial score (nSPS) is 42.6. The number of carbonyl (C=O) groups excluding carboxylic acids is 1. The summed E-state index contributed by atoms with van der Waals surface area (Å²) < 4.78 is 5.95. The number of allylic oxidation sites excluding steroid dienone is 1. The van der Waals surface area contributed by atoms with Gasteiger partial charge in [0, 0.05) is 5.54 Å². The van der Waals surface area contributed by atoms with E-state index in [1.165, 1.54) is 0 Å². The van der Waals surface area contributed by atoms with E-state index in [0.29, 0.717) is 17.9 Å². The first-order valence-corrected chi connectivity index (χ1v) is 7.47. The van der Waals surface area contributed by atoms with Crippen LogP contribution in [0.3, 0.4) is 0 Å². The van der Waals surface area contributed by atoms with Crippen LogP contribution in [0.2, 0.25) is 0 Å². The van der Waals surface area contributed by atoms with E-state index in [1.54, 1.807) is 0 Å². The SMILES string of the molecule is CC(C)/C=C/[C@H]1O[C@]1(C)C1CCC(C)(NC=O)CC1. The standard InChI is InChI=1S/C16H27NO2/c1-12(2)5-6-14-16(4,19-14)13-7-9-15(3,10-8-13)17-11-18/h5-6,11-14H,7-10H2,1-4H3,(H,17,18)/b6-5+/t13?,14-,15?,16-/m1/s1. The van der Waals surface area contributed by atoms with Crippen molar-refractivity contribution in [1.29, 1.82) is 0 Å². The van der Waals surface area contributed by atoms with Crippen molar-refractivity contribution >= 4 is 6.41 Å². The minimum atomic E-state index is -0.00717. The summed E-state index contributed by atoms with van der Waals surface area (Å²) in [5.74, 6) is 1.20. The summed E-state index contributed by atoms with van der Waals surface area (Å²) in [5.41, 5.74) is 0.0284. The first-order valence-electron chi connectivity index (χ1n) is 7.47. The van der Waals surface area contributed by atoms with Crippen molar-refractivity contribution < 1.29 is 9.53 Å². The number of ether oxygens (including phenoxy) is 1. The molecule has 1 N–H and O–H groups in total. The van der Waals surface area contributed by atoms with E-state index in [9.17, 15) is 4.79 Å². The van der Waals surface area contributed by atoms with Gasteiger partial charge in [-0.3, -0.25) is 4.79 Å². The molecule has 0 radical (unpaired) electrons. The number of rotatable bonds is 5. The molecular weight excluding hydrogens is 238 g/mol. The second kappa shape index (κ2) is 5.28. The predicted molar refractivity (Wildman–Crippen MR) is 76.8 cm³/mol. The molecule has 1 saturated heterocycles. The first kappa shape index (κ1) is 14.6. The van der Waals surface area contributed by atoms with Gasteiger partial charge in [0.1, 0.15) is 6.10 Å². The van der Waals surface area contributed by atoms with Crippen molar-refractivity contribution in [3.63, 3.8) is 0 Å². The second-order valence-corrected chi connectivity index (χ2v) is 6.95. The molecule has 1 heterocycles. The average Bonchev–Trinajstić information content (AvgIpc) is 3.00. The van der Waals surface area contributed by atoms with E-state index >= 15 is 0 Å². The maximum absolute atomic E-state index is 10.6. The van der Waals surface area contributed by atoms with Gasteiger partial charge >= 0.3 is 0 Å². The fraction of sp³-hybridized carbons (Fsp3) is 0.812. The molecule has 1 aliphatic heterocycles. The smallest absolute Gasteiger partial charge is 0.207 e. The van der Waals surface area contributed by atoms with E-state index in [2.05, 4.69) is 45.2 Å². The monoisotopic (exact) mass is 265 g/mol. The fourth-order valence-electron chi connectivity index (χ4n) is 3.24. The highest BCUT2D eigenvalue weighted by Crippen LogP contribution is 2.50. The van der Waals surface area contributed by atoms with Crippen molar-refractivity contribution in [1.82, 2.24) is 5.32 Å². The van der Waals surface area contributed by atoms with Gasteiger partial charge in [0.05, 0.1) is 5.60 Å². The van der Waals surface area contributed by atoms with Crippen LogP contribution >= 0.6 is 0 Å². The molecule has 0 aromatic heterocycles. The Balaban J connectivity index is 1.87. The Bertz CT molecular complexity index is 356. The molecule has 2 aliphatic rings. The highest BCUT2D eigenvalue weighted by molar-refractivity contribution is 5.47. The Morgan fingerprint density at radius 2 is 1.89 bits per heavy atom. The molecule has 1 aliphatic carbocycles. The van der Waals surface area contributed by atoms with Crippen LogP contribution in [0, 0.1) is 11.8 Å². The zero-order valence-electron chi connectivity index (χ0n) is 12.6. The van der Waals surface area contributed by atoms with E-state index in [4.69, 9.17) is 4.74 Å². The molecule has 1 amide bonds. The summed E-state index contributed by atoms with van der Waals surface area (Å²) in [6.45, 7) is 8.76. The lowest BCUT2D eigenvalue weighted by Gasteiger charge is -2.38. The third-order valence-electron chi connectivity index (χ3n) is 4.87. The summed E-state index contributed by atoms with van der Waals surface area (Å²) in [6, 6.07) is 0. The topological polar surface area (TPSA) is 41.6 Å². The van der Waals surface area contributed by atoms with E-state index in [1.807, 2.05) is 0 Å². The molecule has 2 fully saturated rings. The van der Waals surface area contributed by atoms with E-state index in [-0.39, 0.29) is 11.1 Å². The molecule has 3 heteroatoms. The zero-order valence-corrected chi connectivity index (χ0v) is 12.6. The van der Waals surface area contributed by atoms with Gasteiger partial charge in [0.2, 0.25) is 6.41 Å². The Kier molecular flexibility index (Phi) is 4.05. The number of hydrogen-bond acceptors (Lipinski definition) is 2. The second-order valence-electron chi connectivity index (χ2n) is 6.95. The largest absolute Gasteiger partial charge is 0.362 e. The Morgan fingerprint density at radius 3 is 2.42 bits per heavy atom. The van der Waals surface area contributed by atoms with Gasteiger partial charge in [-0.1, -0.05) is 26.0 Å². The molecule has 108 valence electrons. The van der Waals surface area contributed by atoms with Crippen LogP contribution < -0.4 is 5.32 Å². The summed E-state index contributed by atoms with van der Waals surface area (Å²) in [6.07, 6.45) is 9.97. The van der Waals surface area contributed by atoms with Crippen LogP contribution in [0.15, 0.2) is 12.2 Å². The number of carbonyl (C=O) groups is 1. The first-order chi connectivity index (χ1) is 8.89. The van der Waals surface area contributed by atoms with Crippen molar-refractivity contribution in [3.05, 3.63) is 12.2 Å². The van der Waals surface area contributed by atoms with Crippen LogP contribution in [0.5, 0.6) is 0 Å². The quantitative estimate of drug-likeness (QED) is 0.471. The van der Waals surface area contributed by atoms with Gasteiger partial charge in [0.15, 0.2) is 0 Å². The summed E-state index contributed by atoms with van der Waals surface area (Å²) in [7, 11) is 0. The molecule has 0 spiro atoms. The van der Waals surface area contributed by atoms with Gasteiger partial charge in [-0.15, -0.1) is 0 Å². The maximum Gasteiger partial charge on any atom is 0.207 e. The fourth-order valence-corrected chi connectivity index (χ4v) is 3.24. The predicted octanol–water partition coefficient (Wildman–Crippen LogP) is 3.05. The number of nitrogens with one attached hydrogen (secondary N) is 1. The zero-order chi connectivity index (χ0) is 14.1.